The second-order valence-electron chi connectivity index (χ2n) is 10.3. The molecule has 0 amide bonds. The third kappa shape index (κ3) is 10.8. The first kappa shape index (κ1) is 30.4. The van der Waals surface area contributed by atoms with E-state index in [4.69, 9.17) is 4.98 Å². The van der Waals surface area contributed by atoms with Crippen LogP contribution in [-0.2, 0) is 16.5 Å². The van der Waals surface area contributed by atoms with Gasteiger partial charge in [0.15, 0.2) is 0 Å². The Balaban J connectivity index is 0. The molecule has 4 heteroatoms. The molecule has 1 rings (SSSR count). The number of rotatable bonds is 7. The Labute approximate surface area is 190 Å². The summed E-state index contributed by atoms with van der Waals surface area (Å²) in [6.07, 6.45) is 0. The molecular weight excluding hydrogens is 420 g/mol. The van der Waals surface area contributed by atoms with Crippen molar-refractivity contribution in [1.29, 1.82) is 0 Å². The smallest absolute Gasteiger partial charge is 0.0624 e. The van der Waals surface area contributed by atoms with Gasteiger partial charge in [-0.1, -0.05) is 76.7 Å². The zero-order valence-corrected chi connectivity index (χ0v) is 23.9. The van der Waals surface area contributed by atoms with Gasteiger partial charge in [0.25, 0.3) is 0 Å². The van der Waals surface area contributed by atoms with Crippen LogP contribution in [0.15, 0.2) is 18.2 Å². The Kier molecular flexibility index (Phi) is 14.6. The maximum atomic E-state index is 5.07. The molecule has 0 aliphatic carbocycles. The first-order chi connectivity index (χ1) is 12.2. The molecule has 1 aromatic rings. The number of benzene rings is 1. The number of nitrogens with zero attached hydrogens (tertiary/aromatic N) is 1. The van der Waals surface area contributed by atoms with Crippen LogP contribution >= 0.6 is 7.92 Å². The van der Waals surface area contributed by atoms with Gasteiger partial charge in [0.1, 0.15) is 0 Å². The zero-order chi connectivity index (χ0) is 21.5. The number of hydrogen-bond donors (Lipinski definition) is 0. The van der Waals surface area contributed by atoms with Gasteiger partial charge in [-0.25, -0.2) is 0 Å². The van der Waals surface area contributed by atoms with Crippen LogP contribution in [0.25, 0.3) is 4.98 Å². The summed E-state index contributed by atoms with van der Waals surface area (Å²) in [6.45, 7) is 30.1. The normalized spacial score (nSPS) is 12.0. The SMILES string of the molecule is CC(C)[PH+](C(C)C)C(C)C.CC(C)c1cccc(C(C)C)c1[N-][Si](C)(C)C.[Ni]. The van der Waals surface area contributed by atoms with E-state index >= 15 is 0 Å². The first-order valence-electron chi connectivity index (χ1n) is 10.9. The fraction of sp³-hybridized carbons (Fsp3) is 0.750. The Morgan fingerprint density at radius 1 is 0.679 bits per heavy atom. The van der Waals surface area contributed by atoms with Crippen molar-refractivity contribution in [2.24, 2.45) is 0 Å². The third-order valence-corrected chi connectivity index (χ3v) is 9.68. The molecule has 0 saturated heterocycles. The topological polar surface area (TPSA) is 14.1 Å². The van der Waals surface area contributed by atoms with Crippen LogP contribution in [0.5, 0.6) is 0 Å². The second-order valence-corrected chi connectivity index (χ2v) is 19.4. The van der Waals surface area contributed by atoms with E-state index in [0.29, 0.717) is 11.8 Å². The van der Waals surface area contributed by atoms with E-state index in [1.165, 1.54) is 16.8 Å². The van der Waals surface area contributed by atoms with Crippen molar-refractivity contribution in [3.05, 3.63) is 34.3 Å². The van der Waals surface area contributed by atoms with Gasteiger partial charge in [0.05, 0.1) is 17.0 Å². The predicted octanol–water partition coefficient (Wildman–Crippen LogP) is 9.20. The molecule has 0 saturated carbocycles. The summed E-state index contributed by atoms with van der Waals surface area (Å²) in [5, 5.41) is 0. The molecule has 0 unspecified atom stereocenters. The van der Waals surface area contributed by atoms with E-state index in [0.717, 1.165) is 17.0 Å². The molecule has 1 aromatic carbocycles. The molecular formula is C24H48NNiPSi. The van der Waals surface area contributed by atoms with Crippen molar-refractivity contribution in [3.63, 3.8) is 0 Å². The number of hydrogen-bond acceptors (Lipinski definition) is 0. The van der Waals surface area contributed by atoms with Crippen molar-refractivity contribution in [1.82, 2.24) is 0 Å². The van der Waals surface area contributed by atoms with Crippen molar-refractivity contribution in [2.75, 3.05) is 0 Å². The maximum Gasteiger partial charge on any atom is 0.0624 e. The molecule has 0 aliphatic heterocycles. The van der Waals surface area contributed by atoms with Crippen LogP contribution in [0, 0.1) is 0 Å². The van der Waals surface area contributed by atoms with Gasteiger partial charge >= 0.3 is 0 Å². The van der Waals surface area contributed by atoms with Crippen LogP contribution in [0.4, 0.5) is 5.69 Å². The molecule has 1 nitrogen and oxygen atoms in total. The molecule has 0 aliphatic rings. The largest absolute Gasteiger partial charge is 0.687 e. The van der Waals surface area contributed by atoms with Crippen molar-refractivity contribution >= 4 is 21.8 Å². The van der Waals surface area contributed by atoms with Crippen LogP contribution in [-0.4, -0.2) is 25.2 Å². The van der Waals surface area contributed by atoms with Crippen LogP contribution in [0.2, 0.25) is 19.6 Å². The van der Waals surface area contributed by atoms with E-state index in [1.807, 2.05) is 0 Å². The predicted molar refractivity (Wildman–Crippen MR) is 135 cm³/mol. The van der Waals surface area contributed by atoms with Crippen LogP contribution < -0.4 is 0 Å². The molecule has 0 N–H and O–H groups in total. The Hall–Kier alpha value is 0.160. The van der Waals surface area contributed by atoms with Gasteiger partial charge < -0.3 is 4.98 Å². The summed E-state index contributed by atoms with van der Waals surface area (Å²) in [4.78, 5) is 5.07. The monoisotopic (exact) mass is 467 g/mol. The summed E-state index contributed by atoms with van der Waals surface area (Å²) >= 11 is 0. The van der Waals surface area contributed by atoms with Crippen molar-refractivity contribution in [2.45, 2.75) is 118 Å². The fourth-order valence-corrected chi connectivity index (χ4v) is 8.91. The molecule has 0 radical (unpaired) electrons. The van der Waals surface area contributed by atoms with Crippen molar-refractivity contribution in [3.8, 4) is 0 Å². The second kappa shape index (κ2) is 13.5. The van der Waals surface area contributed by atoms with Gasteiger partial charge in [0.2, 0.25) is 0 Å². The standard InChI is InChI=1S/C15H26NSi.C9H21P.Ni/c1-11(2)13-9-8-10-14(12(3)4)15(13)16-17(5,6)7;1-7(2)10(8(3)4)9(5)6;/h8-12H,1-7H3;7-9H,1-6H3;/q-1;;/p+1. The van der Waals surface area contributed by atoms with Gasteiger partial charge in [0, 0.05) is 24.4 Å². The van der Waals surface area contributed by atoms with E-state index < -0.39 is 8.24 Å². The minimum atomic E-state index is -1.43. The van der Waals surface area contributed by atoms with Gasteiger partial charge in [-0.3, -0.25) is 0 Å². The molecule has 28 heavy (non-hydrogen) atoms. The molecule has 0 atom stereocenters. The molecule has 0 spiro atoms. The molecule has 0 fully saturated rings. The van der Waals surface area contributed by atoms with Crippen LogP contribution in [0.3, 0.4) is 0 Å². The van der Waals surface area contributed by atoms with E-state index in [1.54, 1.807) is 0 Å². The van der Waals surface area contributed by atoms with E-state index in [2.05, 4.69) is 107 Å². The Morgan fingerprint density at radius 3 is 1.18 bits per heavy atom. The summed E-state index contributed by atoms with van der Waals surface area (Å²) in [5.74, 6) is 1.09. The van der Waals surface area contributed by atoms with E-state index in [9.17, 15) is 0 Å². The quantitative estimate of drug-likeness (QED) is 0.280. The molecule has 168 valence electrons. The molecule has 0 heterocycles. The molecule has 0 aromatic heterocycles. The minimum absolute atomic E-state index is 0. The Morgan fingerprint density at radius 2 is 1.00 bits per heavy atom. The minimum Gasteiger partial charge on any atom is -0.687 e. The van der Waals surface area contributed by atoms with Gasteiger partial charge in [-0.05, 0) is 61.6 Å². The fourth-order valence-electron chi connectivity index (χ4n) is 3.98. The maximum absolute atomic E-state index is 5.07. The average molecular weight is 468 g/mol. The first-order valence-corrected chi connectivity index (χ1v) is 16.1. The summed E-state index contributed by atoms with van der Waals surface area (Å²) in [6, 6.07) is 6.64. The zero-order valence-electron chi connectivity index (χ0n) is 20.9. The average Bonchev–Trinajstić information content (AvgIpc) is 2.44. The van der Waals surface area contributed by atoms with Crippen molar-refractivity contribution < 1.29 is 16.5 Å². The third-order valence-electron chi connectivity index (χ3n) is 4.79. The van der Waals surface area contributed by atoms with Gasteiger partial charge in [-0.15, -0.1) is 5.69 Å². The summed E-state index contributed by atoms with van der Waals surface area (Å²) < 4.78 is 0. The Bertz CT molecular complexity index is 503. The summed E-state index contributed by atoms with van der Waals surface area (Å²) in [7, 11) is -1.52. The summed E-state index contributed by atoms with van der Waals surface area (Å²) in [5.41, 5.74) is 6.88. The molecule has 0 bridgehead atoms. The van der Waals surface area contributed by atoms with Gasteiger partial charge in [-0.2, -0.15) is 0 Å². The van der Waals surface area contributed by atoms with E-state index in [-0.39, 0.29) is 24.4 Å². The van der Waals surface area contributed by atoms with Crippen LogP contribution in [0.1, 0.15) is 92.2 Å².